The Bertz CT molecular complexity index is 461. The van der Waals surface area contributed by atoms with E-state index in [0.29, 0.717) is 0 Å². The van der Waals surface area contributed by atoms with Crippen molar-refractivity contribution in [2.75, 3.05) is 14.2 Å². The van der Waals surface area contributed by atoms with Crippen molar-refractivity contribution < 1.29 is 19.1 Å². The molecular weight excluding hydrogens is 236 g/mol. The van der Waals surface area contributed by atoms with Gasteiger partial charge in [-0.3, -0.25) is 9.59 Å². The molecule has 0 aliphatic heterocycles. The Kier molecular flexibility index (Phi) is 3.90. The second-order valence-electron chi connectivity index (χ2n) is 4.26. The molecule has 6 heteroatoms. The minimum absolute atomic E-state index is 0.234. The number of aromatic nitrogens is 1. The predicted molar refractivity (Wildman–Crippen MR) is 64.6 cm³/mol. The molecule has 2 N–H and O–H groups in total. The Hall–Kier alpha value is -2.11. The maximum Gasteiger partial charge on any atom is 0.230 e. The number of rotatable bonds is 5. The van der Waals surface area contributed by atoms with Gasteiger partial charge in [0, 0.05) is 17.7 Å². The third-order valence-corrected chi connectivity index (χ3v) is 2.64. The number of methoxy groups -OCH3 is 2. The lowest BCUT2D eigenvalue weighted by molar-refractivity contribution is -0.123. The highest BCUT2D eigenvalue weighted by molar-refractivity contribution is 6.13. The lowest BCUT2D eigenvalue weighted by atomic mass is 9.84. The van der Waals surface area contributed by atoms with Crippen LogP contribution >= 0.6 is 0 Å². The van der Waals surface area contributed by atoms with Crippen LogP contribution < -0.4 is 15.2 Å². The molecule has 1 aromatic rings. The van der Waals surface area contributed by atoms with Crippen LogP contribution in [-0.4, -0.2) is 30.9 Å². The minimum Gasteiger partial charge on any atom is -0.481 e. The smallest absolute Gasteiger partial charge is 0.230 e. The van der Waals surface area contributed by atoms with Gasteiger partial charge < -0.3 is 15.2 Å². The zero-order valence-corrected chi connectivity index (χ0v) is 10.8. The van der Waals surface area contributed by atoms with Crippen molar-refractivity contribution in [3.8, 4) is 11.8 Å². The van der Waals surface area contributed by atoms with Crippen molar-refractivity contribution in [2.45, 2.75) is 13.8 Å². The van der Waals surface area contributed by atoms with Gasteiger partial charge in [0.05, 0.1) is 14.2 Å². The monoisotopic (exact) mass is 252 g/mol. The lowest BCUT2D eigenvalue weighted by Crippen LogP contribution is -2.38. The Morgan fingerprint density at radius 3 is 1.94 bits per heavy atom. The minimum atomic E-state index is -1.29. The number of carbonyl (C=O) groups excluding carboxylic acids is 2. The van der Waals surface area contributed by atoms with E-state index in [-0.39, 0.29) is 17.3 Å². The molecule has 0 radical (unpaired) electrons. The fourth-order valence-corrected chi connectivity index (χ4v) is 1.29. The normalized spacial score (nSPS) is 10.9. The maximum atomic E-state index is 12.2. The highest BCUT2D eigenvalue weighted by Crippen LogP contribution is 2.25. The molecule has 6 nitrogen and oxygen atoms in total. The number of Topliss-reactive ketones (excluding diaryl/α,β-unsaturated/α-hetero) is 1. The van der Waals surface area contributed by atoms with Crippen LogP contribution in [0, 0.1) is 5.41 Å². The predicted octanol–water partition coefficient (Wildman–Crippen LogP) is 0.793. The molecule has 0 unspecified atom stereocenters. The molecule has 1 rings (SSSR count). The number of nitrogens with two attached hydrogens (primary N) is 1. The van der Waals surface area contributed by atoms with Crippen molar-refractivity contribution in [1.29, 1.82) is 0 Å². The van der Waals surface area contributed by atoms with Crippen LogP contribution in [0.1, 0.15) is 24.2 Å². The molecule has 1 aromatic heterocycles. The lowest BCUT2D eigenvalue weighted by Gasteiger charge is -2.19. The number of ether oxygens (including phenoxy) is 2. The van der Waals surface area contributed by atoms with E-state index in [2.05, 4.69) is 4.98 Å². The van der Waals surface area contributed by atoms with Gasteiger partial charge in [0.15, 0.2) is 5.78 Å². The van der Waals surface area contributed by atoms with Crippen molar-refractivity contribution in [2.24, 2.45) is 11.1 Å². The highest BCUT2D eigenvalue weighted by atomic mass is 16.5. The molecule has 18 heavy (non-hydrogen) atoms. The first-order valence-corrected chi connectivity index (χ1v) is 5.27. The van der Waals surface area contributed by atoms with E-state index in [1.165, 1.54) is 40.2 Å². The topological polar surface area (TPSA) is 91.5 Å². The molecular formula is C12H16N2O4. The Balaban J connectivity index is 3.24. The summed E-state index contributed by atoms with van der Waals surface area (Å²) in [7, 11) is 2.85. The van der Waals surface area contributed by atoms with E-state index < -0.39 is 17.1 Å². The number of nitrogens with zero attached hydrogens (tertiary/aromatic N) is 1. The molecule has 0 aromatic carbocycles. The molecule has 0 aliphatic carbocycles. The molecule has 0 bridgehead atoms. The summed E-state index contributed by atoms with van der Waals surface area (Å²) in [6.07, 6.45) is 0. The van der Waals surface area contributed by atoms with Gasteiger partial charge in [-0.2, -0.15) is 4.98 Å². The van der Waals surface area contributed by atoms with Gasteiger partial charge in [-0.15, -0.1) is 0 Å². The fraction of sp³-hybridized carbons (Fsp3) is 0.417. The first kappa shape index (κ1) is 14.0. The van der Waals surface area contributed by atoms with Crippen LogP contribution in [0.4, 0.5) is 0 Å². The van der Waals surface area contributed by atoms with Crippen LogP contribution in [0.15, 0.2) is 12.1 Å². The van der Waals surface area contributed by atoms with Crippen LogP contribution in [-0.2, 0) is 4.79 Å². The summed E-state index contributed by atoms with van der Waals surface area (Å²) in [5.74, 6) is -0.632. The van der Waals surface area contributed by atoms with Crippen molar-refractivity contribution in [3.63, 3.8) is 0 Å². The second-order valence-corrected chi connectivity index (χ2v) is 4.26. The van der Waals surface area contributed by atoms with E-state index in [1.54, 1.807) is 0 Å². The molecule has 1 amide bonds. The third-order valence-electron chi connectivity index (χ3n) is 2.64. The van der Waals surface area contributed by atoms with Crippen LogP contribution in [0.3, 0.4) is 0 Å². The van der Waals surface area contributed by atoms with E-state index >= 15 is 0 Å². The average Bonchev–Trinajstić information content (AvgIpc) is 2.36. The molecule has 0 spiro atoms. The zero-order chi connectivity index (χ0) is 13.9. The van der Waals surface area contributed by atoms with Gasteiger partial charge in [-0.05, 0) is 13.8 Å². The van der Waals surface area contributed by atoms with E-state index in [4.69, 9.17) is 15.2 Å². The molecule has 0 atom stereocenters. The number of amides is 1. The largest absolute Gasteiger partial charge is 0.481 e. The number of primary amides is 1. The first-order chi connectivity index (χ1) is 8.32. The van der Waals surface area contributed by atoms with Crippen molar-refractivity contribution in [3.05, 3.63) is 17.7 Å². The van der Waals surface area contributed by atoms with Gasteiger partial charge in [0.1, 0.15) is 5.41 Å². The van der Waals surface area contributed by atoms with Crippen LogP contribution in [0.25, 0.3) is 0 Å². The summed E-state index contributed by atoms with van der Waals surface area (Å²) in [4.78, 5) is 27.4. The SMILES string of the molecule is COc1cc(C(=O)C(C)(C)C(N)=O)cc(OC)n1. The summed E-state index contributed by atoms with van der Waals surface area (Å²) >= 11 is 0. The number of hydrogen-bond acceptors (Lipinski definition) is 5. The molecule has 1 heterocycles. The zero-order valence-electron chi connectivity index (χ0n) is 10.8. The molecule has 98 valence electrons. The number of hydrogen-bond donors (Lipinski definition) is 1. The molecule has 0 saturated heterocycles. The van der Waals surface area contributed by atoms with Gasteiger partial charge in [0.25, 0.3) is 0 Å². The van der Waals surface area contributed by atoms with Crippen LogP contribution in [0.2, 0.25) is 0 Å². The first-order valence-electron chi connectivity index (χ1n) is 5.27. The quantitative estimate of drug-likeness (QED) is 0.618. The number of carbonyl (C=O) groups is 2. The summed E-state index contributed by atoms with van der Waals surface area (Å²) < 4.78 is 9.92. The third kappa shape index (κ3) is 2.58. The van der Waals surface area contributed by atoms with Crippen molar-refractivity contribution in [1.82, 2.24) is 4.98 Å². The van der Waals surface area contributed by atoms with Crippen molar-refractivity contribution >= 4 is 11.7 Å². The summed E-state index contributed by atoms with van der Waals surface area (Å²) in [5, 5.41) is 0. The molecule has 0 aliphatic rings. The standard InChI is InChI=1S/C12H16N2O4/c1-12(2,11(13)16)10(15)7-5-8(17-3)14-9(6-7)18-4/h5-6H,1-4H3,(H2,13,16). The van der Waals surface area contributed by atoms with Gasteiger partial charge in [0.2, 0.25) is 17.7 Å². The maximum absolute atomic E-state index is 12.2. The number of pyridine rings is 1. The molecule has 0 fully saturated rings. The summed E-state index contributed by atoms with van der Waals surface area (Å²) in [5.41, 5.74) is 4.18. The summed E-state index contributed by atoms with van der Waals surface area (Å²) in [6.45, 7) is 2.94. The van der Waals surface area contributed by atoms with E-state index in [0.717, 1.165) is 0 Å². The average molecular weight is 252 g/mol. The van der Waals surface area contributed by atoms with E-state index in [1.807, 2.05) is 0 Å². The van der Waals surface area contributed by atoms with Gasteiger partial charge >= 0.3 is 0 Å². The Morgan fingerprint density at radius 2 is 1.61 bits per heavy atom. The summed E-state index contributed by atoms with van der Waals surface area (Å²) in [6, 6.07) is 2.88. The van der Waals surface area contributed by atoms with E-state index in [9.17, 15) is 9.59 Å². The van der Waals surface area contributed by atoms with Crippen LogP contribution in [0.5, 0.6) is 11.8 Å². The molecule has 0 saturated carbocycles. The Labute approximate surface area is 105 Å². The highest BCUT2D eigenvalue weighted by Gasteiger charge is 2.35. The van der Waals surface area contributed by atoms with Gasteiger partial charge in [-0.25, -0.2) is 0 Å². The van der Waals surface area contributed by atoms with Gasteiger partial charge in [-0.1, -0.05) is 0 Å². The fourth-order valence-electron chi connectivity index (χ4n) is 1.29. The number of ketones is 1. The Morgan fingerprint density at radius 1 is 1.17 bits per heavy atom. The second kappa shape index (κ2) is 5.03.